The molecule has 0 bridgehead atoms. The Bertz CT molecular complexity index is 474. The fourth-order valence-corrected chi connectivity index (χ4v) is 1.58. The van der Waals surface area contributed by atoms with E-state index in [2.05, 4.69) is 10.3 Å². The number of alkyl halides is 6. The molecule has 1 heterocycles. The van der Waals surface area contributed by atoms with Crippen molar-refractivity contribution in [3.05, 3.63) is 17.7 Å². The molecule has 0 unspecified atom stereocenters. The SMILES string of the molecule is CNc1cc(C(F)(F)F)cc(N(CCO)CC(F)(F)F)n1. The van der Waals surface area contributed by atoms with Gasteiger partial charge in [-0.3, -0.25) is 0 Å². The average Bonchev–Trinajstić information content (AvgIpc) is 2.35. The normalized spacial score (nSPS) is 12.4. The number of anilines is 2. The van der Waals surface area contributed by atoms with E-state index in [9.17, 15) is 26.3 Å². The molecule has 4 nitrogen and oxygen atoms in total. The van der Waals surface area contributed by atoms with Gasteiger partial charge in [-0.1, -0.05) is 0 Å². The summed E-state index contributed by atoms with van der Waals surface area (Å²) in [6.07, 6.45) is -9.35. The molecule has 0 fully saturated rings. The summed E-state index contributed by atoms with van der Waals surface area (Å²) in [7, 11) is 1.30. The summed E-state index contributed by atoms with van der Waals surface area (Å²) in [4.78, 5) is 4.21. The lowest BCUT2D eigenvalue weighted by Gasteiger charge is -2.25. The van der Waals surface area contributed by atoms with Gasteiger partial charge in [-0.15, -0.1) is 0 Å². The number of nitrogens with zero attached hydrogens (tertiary/aromatic N) is 2. The van der Waals surface area contributed by atoms with Crippen LogP contribution >= 0.6 is 0 Å². The molecular formula is C11H13F6N3O. The number of aliphatic hydroxyl groups is 1. The summed E-state index contributed by atoms with van der Waals surface area (Å²) in [6, 6.07) is 1.20. The van der Waals surface area contributed by atoms with Crippen LogP contribution in [0.1, 0.15) is 5.56 Å². The molecule has 10 heteroatoms. The zero-order valence-corrected chi connectivity index (χ0v) is 10.9. The van der Waals surface area contributed by atoms with E-state index in [1.165, 1.54) is 7.05 Å². The largest absolute Gasteiger partial charge is 0.416 e. The fourth-order valence-electron chi connectivity index (χ4n) is 1.58. The van der Waals surface area contributed by atoms with Crippen LogP contribution < -0.4 is 10.2 Å². The fraction of sp³-hybridized carbons (Fsp3) is 0.545. The molecule has 1 aromatic heterocycles. The zero-order valence-electron chi connectivity index (χ0n) is 10.9. The second-order valence-corrected chi connectivity index (χ2v) is 4.11. The third-order valence-corrected chi connectivity index (χ3v) is 2.46. The molecule has 0 radical (unpaired) electrons. The number of aromatic nitrogens is 1. The number of rotatable bonds is 5. The van der Waals surface area contributed by atoms with E-state index in [1.807, 2.05) is 0 Å². The first-order valence-electron chi connectivity index (χ1n) is 5.76. The molecule has 1 rings (SSSR count). The average molecular weight is 317 g/mol. The van der Waals surface area contributed by atoms with Crippen molar-refractivity contribution in [2.45, 2.75) is 12.4 Å². The third kappa shape index (κ3) is 5.29. The lowest BCUT2D eigenvalue weighted by Crippen LogP contribution is -2.37. The van der Waals surface area contributed by atoms with Crippen molar-refractivity contribution in [1.29, 1.82) is 0 Å². The Hall–Kier alpha value is -1.71. The summed E-state index contributed by atoms with van der Waals surface area (Å²) >= 11 is 0. The summed E-state index contributed by atoms with van der Waals surface area (Å²) in [5.74, 6) is -0.731. The summed E-state index contributed by atoms with van der Waals surface area (Å²) in [5, 5.41) is 11.1. The van der Waals surface area contributed by atoms with Crippen LogP contribution in [-0.2, 0) is 6.18 Å². The molecule has 0 aromatic carbocycles. The lowest BCUT2D eigenvalue weighted by atomic mass is 10.2. The van der Waals surface area contributed by atoms with Crippen molar-refractivity contribution < 1.29 is 31.4 Å². The molecule has 21 heavy (non-hydrogen) atoms. The van der Waals surface area contributed by atoms with Crippen molar-refractivity contribution in [1.82, 2.24) is 4.98 Å². The smallest absolute Gasteiger partial charge is 0.395 e. The topological polar surface area (TPSA) is 48.4 Å². The van der Waals surface area contributed by atoms with E-state index >= 15 is 0 Å². The maximum Gasteiger partial charge on any atom is 0.416 e. The molecule has 2 N–H and O–H groups in total. The van der Waals surface area contributed by atoms with E-state index < -0.39 is 43.4 Å². The van der Waals surface area contributed by atoms with Crippen LogP contribution in [0.15, 0.2) is 12.1 Å². The Balaban J connectivity index is 3.23. The van der Waals surface area contributed by atoms with Crippen LogP contribution in [0.4, 0.5) is 38.0 Å². The molecule has 0 amide bonds. The molecule has 0 aliphatic carbocycles. The summed E-state index contributed by atoms with van der Waals surface area (Å²) < 4.78 is 75.5. The van der Waals surface area contributed by atoms with Gasteiger partial charge in [0.15, 0.2) is 0 Å². The lowest BCUT2D eigenvalue weighted by molar-refractivity contribution is -0.137. The van der Waals surface area contributed by atoms with Gasteiger partial charge in [-0.2, -0.15) is 26.3 Å². The highest BCUT2D eigenvalue weighted by Gasteiger charge is 2.34. The molecule has 1 aromatic rings. The maximum absolute atomic E-state index is 12.7. The second kappa shape index (κ2) is 6.37. The minimum atomic E-state index is -4.72. The molecule has 120 valence electrons. The predicted molar refractivity (Wildman–Crippen MR) is 64.1 cm³/mol. The monoisotopic (exact) mass is 317 g/mol. The van der Waals surface area contributed by atoms with Gasteiger partial charge < -0.3 is 15.3 Å². The van der Waals surface area contributed by atoms with Gasteiger partial charge in [0.25, 0.3) is 0 Å². The molecule has 0 aliphatic rings. The van der Waals surface area contributed by atoms with Crippen molar-refractivity contribution in [3.8, 4) is 0 Å². The van der Waals surface area contributed by atoms with Crippen LogP contribution in [-0.4, -0.2) is 43.0 Å². The third-order valence-electron chi connectivity index (χ3n) is 2.46. The van der Waals surface area contributed by atoms with Gasteiger partial charge in [0.2, 0.25) is 0 Å². The first-order valence-corrected chi connectivity index (χ1v) is 5.76. The van der Waals surface area contributed by atoms with E-state index in [0.29, 0.717) is 17.0 Å². The highest BCUT2D eigenvalue weighted by atomic mass is 19.4. The van der Waals surface area contributed by atoms with Gasteiger partial charge in [0, 0.05) is 13.6 Å². The molecule has 0 atom stereocenters. The maximum atomic E-state index is 12.7. The summed E-state index contributed by atoms with van der Waals surface area (Å²) in [5.41, 5.74) is -1.12. The first kappa shape index (κ1) is 17.3. The predicted octanol–water partition coefficient (Wildman–Crippen LogP) is 2.50. The van der Waals surface area contributed by atoms with Crippen molar-refractivity contribution in [3.63, 3.8) is 0 Å². The Morgan fingerprint density at radius 2 is 1.81 bits per heavy atom. The molecule has 0 saturated heterocycles. The molecular weight excluding hydrogens is 304 g/mol. The molecule has 0 saturated carbocycles. The van der Waals surface area contributed by atoms with E-state index in [4.69, 9.17) is 5.11 Å². The Kier molecular flexibility index (Phi) is 5.26. The standard InChI is InChI=1S/C11H13F6N3O/c1-18-8-4-7(11(15,16)17)5-9(19-8)20(2-3-21)6-10(12,13)14/h4-5,21H,2-3,6H2,1H3,(H,18,19). The van der Waals surface area contributed by atoms with E-state index in [-0.39, 0.29) is 5.82 Å². The Morgan fingerprint density at radius 1 is 1.19 bits per heavy atom. The molecule has 0 spiro atoms. The van der Waals surface area contributed by atoms with Crippen molar-refractivity contribution >= 4 is 11.6 Å². The zero-order chi connectivity index (χ0) is 16.3. The molecule has 0 aliphatic heterocycles. The van der Waals surface area contributed by atoms with Gasteiger partial charge in [-0.25, -0.2) is 4.98 Å². The van der Waals surface area contributed by atoms with Gasteiger partial charge >= 0.3 is 12.4 Å². The Morgan fingerprint density at radius 3 is 2.24 bits per heavy atom. The minimum Gasteiger partial charge on any atom is -0.395 e. The van der Waals surface area contributed by atoms with Crippen molar-refractivity contribution in [2.75, 3.05) is 37.0 Å². The van der Waals surface area contributed by atoms with Crippen LogP contribution in [0.3, 0.4) is 0 Å². The second-order valence-electron chi connectivity index (χ2n) is 4.11. The number of aliphatic hydroxyl groups excluding tert-OH is 1. The van der Waals surface area contributed by atoms with Crippen LogP contribution in [0, 0.1) is 0 Å². The first-order chi connectivity index (χ1) is 9.56. The Labute approximate surface area is 116 Å². The van der Waals surface area contributed by atoms with Crippen LogP contribution in [0.5, 0.6) is 0 Å². The van der Waals surface area contributed by atoms with Crippen LogP contribution in [0.25, 0.3) is 0 Å². The van der Waals surface area contributed by atoms with Crippen molar-refractivity contribution in [2.24, 2.45) is 0 Å². The van der Waals surface area contributed by atoms with Gasteiger partial charge in [-0.05, 0) is 12.1 Å². The number of nitrogens with one attached hydrogen (secondary N) is 1. The number of hydrogen-bond acceptors (Lipinski definition) is 4. The quantitative estimate of drug-likeness (QED) is 0.819. The number of pyridine rings is 1. The number of hydrogen-bond donors (Lipinski definition) is 2. The highest BCUT2D eigenvalue weighted by Crippen LogP contribution is 2.33. The summed E-state index contributed by atoms with van der Waals surface area (Å²) in [6.45, 7) is -2.65. The van der Waals surface area contributed by atoms with Gasteiger partial charge in [0.05, 0.1) is 12.2 Å². The van der Waals surface area contributed by atoms with Crippen LogP contribution in [0.2, 0.25) is 0 Å². The van der Waals surface area contributed by atoms with E-state index in [0.717, 1.165) is 0 Å². The van der Waals surface area contributed by atoms with E-state index in [1.54, 1.807) is 0 Å². The van der Waals surface area contributed by atoms with Gasteiger partial charge in [0.1, 0.15) is 18.2 Å². The number of halogens is 6. The highest BCUT2D eigenvalue weighted by molar-refractivity contribution is 5.51. The minimum absolute atomic E-state index is 0.218.